The summed E-state index contributed by atoms with van der Waals surface area (Å²) < 4.78 is 0. The number of fused-ring (bicyclic) bond motifs is 1. The van der Waals surface area contributed by atoms with Crippen molar-refractivity contribution in [2.24, 2.45) is 23.7 Å². The van der Waals surface area contributed by atoms with Gasteiger partial charge in [0.25, 0.3) is 0 Å². The Labute approximate surface area is 99.9 Å². The van der Waals surface area contributed by atoms with Crippen LogP contribution in [0.5, 0.6) is 0 Å². The van der Waals surface area contributed by atoms with Gasteiger partial charge in [-0.25, -0.2) is 0 Å². The van der Waals surface area contributed by atoms with Crippen LogP contribution in [0.3, 0.4) is 0 Å². The van der Waals surface area contributed by atoms with Crippen LogP contribution in [0, 0.1) is 23.7 Å². The van der Waals surface area contributed by atoms with Crippen molar-refractivity contribution in [3.05, 3.63) is 11.6 Å². The van der Waals surface area contributed by atoms with E-state index in [2.05, 4.69) is 33.8 Å². The molecule has 0 aromatic rings. The molecule has 0 heterocycles. The zero-order chi connectivity index (χ0) is 11.9. The maximum Gasteiger partial charge on any atom is 0.0653 e. The fourth-order valence-electron chi connectivity index (χ4n) is 3.87. The summed E-state index contributed by atoms with van der Waals surface area (Å²) in [4.78, 5) is 0. The number of rotatable bonds is 1. The summed E-state index contributed by atoms with van der Waals surface area (Å²) in [6, 6.07) is 0. The van der Waals surface area contributed by atoms with Gasteiger partial charge in [0.15, 0.2) is 0 Å². The molecular weight excluding hydrogens is 196 g/mol. The first kappa shape index (κ1) is 12.2. The minimum absolute atomic E-state index is 0.423. The van der Waals surface area contributed by atoms with Gasteiger partial charge in [-0.2, -0.15) is 0 Å². The van der Waals surface area contributed by atoms with E-state index in [0.717, 1.165) is 18.3 Å². The lowest BCUT2D eigenvalue weighted by Gasteiger charge is -2.49. The highest BCUT2D eigenvalue weighted by Gasteiger charge is 2.46. The average Bonchev–Trinajstić information content (AvgIpc) is 2.16. The van der Waals surface area contributed by atoms with Gasteiger partial charge in [0, 0.05) is 0 Å². The van der Waals surface area contributed by atoms with E-state index in [0.29, 0.717) is 11.8 Å². The monoisotopic (exact) mass is 222 g/mol. The third-order valence-electron chi connectivity index (χ3n) is 4.92. The summed E-state index contributed by atoms with van der Waals surface area (Å²) in [7, 11) is 0. The lowest BCUT2D eigenvalue weighted by molar-refractivity contribution is -0.0807. The molecule has 1 N–H and O–H groups in total. The van der Waals surface area contributed by atoms with E-state index in [1.807, 2.05) is 0 Å². The van der Waals surface area contributed by atoms with Crippen LogP contribution in [0.4, 0.5) is 0 Å². The summed E-state index contributed by atoms with van der Waals surface area (Å²) in [5, 5.41) is 10.5. The minimum Gasteiger partial charge on any atom is -0.390 e. The molecule has 92 valence electrons. The average molecular weight is 222 g/mol. The van der Waals surface area contributed by atoms with E-state index in [-0.39, 0.29) is 0 Å². The summed E-state index contributed by atoms with van der Waals surface area (Å²) in [6.45, 7) is 8.96. The fourth-order valence-corrected chi connectivity index (χ4v) is 3.87. The van der Waals surface area contributed by atoms with Crippen LogP contribution in [-0.4, -0.2) is 10.7 Å². The lowest BCUT2D eigenvalue weighted by Crippen LogP contribution is -2.48. The number of hydrogen-bond acceptors (Lipinski definition) is 1. The predicted molar refractivity (Wildman–Crippen MR) is 68.2 cm³/mol. The van der Waals surface area contributed by atoms with Crippen molar-refractivity contribution in [2.45, 2.75) is 59.0 Å². The lowest BCUT2D eigenvalue weighted by atomic mass is 9.58. The Kier molecular flexibility index (Phi) is 3.18. The molecule has 4 atom stereocenters. The Hall–Kier alpha value is -0.300. The summed E-state index contributed by atoms with van der Waals surface area (Å²) in [6.07, 6.45) is 7.01. The molecule has 1 nitrogen and oxygen atoms in total. The molecule has 2 aliphatic rings. The van der Waals surface area contributed by atoms with E-state index in [4.69, 9.17) is 0 Å². The Morgan fingerprint density at radius 3 is 2.69 bits per heavy atom. The van der Waals surface area contributed by atoms with Crippen LogP contribution in [0.2, 0.25) is 0 Å². The van der Waals surface area contributed by atoms with Crippen LogP contribution < -0.4 is 0 Å². The third kappa shape index (κ3) is 2.07. The van der Waals surface area contributed by atoms with Crippen molar-refractivity contribution >= 4 is 0 Å². The quantitative estimate of drug-likeness (QED) is 0.669. The molecule has 1 fully saturated rings. The highest BCUT2D eigenvalue weighted by atomic mass is 16.3. The maximum atomic E-state index is 10.5. The number of allylic oxidation sites excluding steroid dienone is 2. The molecule has 0 aliphatic heterocycles. The second-order valence-corrected chi connectivity index (χ2v) is 6.54. The topological polar surface area (TPSA) is 20.2 Å². The van der Waals surface area contributed by atoms with E-state index in [1.165, 1.54) is 24.8 Å². The van der Waals surface area contributed by atoms with Gasteiger partial charge in [-0.05, 0) is 63.2 Å². The van der Waals surface area contributed by atoms with Crippen LogP contribution in [0.1, 0.15) is 53.4 Å². The van der Waals surface area contributed by atoms with Gasteiger partial charge in [0.1, 0.15) is 0 Å². The van der Waals surface area contributed by atoms with Crippen molar-refractivity contribution in [3.8, 4) is 0 Å². The smallest absolute Gasteiger partial charge is 0.0653 e. The van der Waals surface area contributed by atoms with Crippen molar-refractivity contribution in [2.75, 3.05) is 0 Å². The Morgan fingerprint density at radius 1 is 1.38 bits per heavy atom. The van der Waals surface area contributed by atoms with Crippen molar-refractivity contribution in [1.82, 2.24) is 0 Å². The Morgan fingerprint density at radius 2 is 2.06 bits per heavy atom. The molecular formula is C15H26O. The molecule has 1 heteroatoms. The summed E-state index contributed by atoms with van der Waals surface area (Å²) in [5.74, 6) is 2.64. The van der Waals surface area contributed by atoms with E-state index in [1.54, 1.807) is 0 Å². The molecule has 0 aromatic carbocycles. The predicted octanol–water partition coefficient (Wildman–Crippen LogP) is 3.78. The largest absolute Gasteiger partial charge is 0.390 e. The molecule has 0 spiro atoms. The zero-order valence-corrected chi connectivity index (χ0v) is 11.2. The van der Waals surface area contributed by atoms with E-state index < -0.39 is 5.60 Å². The van der Waals surface area contributed by atoms with Gasteiger partial charge >= 0.3 is 0 Å². The first-order chi connectivity index (χ1) is 7.42. The van der Waals surface area contributed by atoms with Gasteiger partial charge in [-0.1, -0.05) is 25.5 Å². The van der Waals surface area contributed by atoms with Crippen LogP contribution >= 0.6 is 0 Å². The van der Waals surface area contributed by atoms with Gasteiger partial charge in [-0.15, -0.1) is 0 Å². The van der Waals surface area contributed by atoms with Gasteiger partial charge in [0.2, 0.25) is 0 Å². The molecule has 0 aromatic heterocycles. The number of hydrogen-bond donors (Lipinski definition) is 1. The number of aliphatic hydroxyl groups is 1. The van der Waals surface area contributed by atoms with Gasteiger partial charge < -0.3 is 5.11 Å². The highest BCUT2D eigenvalue weighted by molar-refractivity contribution is 5.13. The standard InChI is InChI=1S/C15H26O/c1-10(2)12-7-8-15(4,16)14-6-5-11(3)9-13(12)14/h9-10,12-14,16H,5-8H2,1-4H3/t12-,13?,14?,15-/m1/s1. The van der Waals surface area contributed by atoms with Crippen LogP contribution in [0.25, 0.3) is 0 Å². The normalized spacial score (nSPS) is 44.1. The zero-order valence-electron chi connectivity index (χ0n) is 11.2. The van der Waals surface area contributed by atoms with Crippen molar-refractivity contribution < 1.29 is 5.11 Å². The second-order valence-electron chi connectivity index (χ2n) is 6.54. The first-order valence-corrected chi connectivity index (χ1v) is 6.81. The molecule has 1 saturated carbocycles. The molecule has 2 rings (SSSR count). The van der Waals surface area contributed by atoms with Crippen molar-refractivity contribution in [1.29, 1.82) is 0 Å². The van der Waals surface area contributed by atoms with Gasteiger partial charge in [0.05, 0.1) is 5.60 Å². The van der Waals surface area contributed by atoms with Crippen LogP contribution in [0.15, 0.2) is 11.6 Å². The molecule has 0 amide bonds. The van der Waals surface area contributed by atoms with E-state index in [9.17, 15) is 5.11 Å². The fraction of sp³-hybridized carbons (Fsp3) is 0.867. The summed E-state index contributed by atoms with van der Waals surface area (Å²) >= 11 is 0. The highest BCUT2D eigenvalue weighted by Crippen LogP contribution is 2.49. The molecule has 0 saturated heterocycles. The maximum absolute atomic E-state index is 10.5. The van der Waals surface area contributed by atoms with E-state index >= 15 is 0 Å². The Balaban J connectivity index is 2.27. The molecule has 16 heavy (non-hydrogen) atoms. The molecule has 0 radical (unpaired) electrons. The first-order valence-electron chi connectivity index (χ1n) is 6.81. The van der Waals surface area contributed by atoms with Crippen molar-refractivity contribution in [3.63, 3.8) is 0 Å². The van der Waals surface area contributed by atoms with Gasteiger partial charge in [-0.3, -0.25) is 0 Å². The molecule has 2 aliphatic carbocycles. The van der Waals surface area contributed by atoms with Crippen LogP contribution in [-0.2, 0) is 0 Å². The summed E-state index contributed by atoms with van der Waals surface area (Å²) in [5.41, 5.74) is 1.11. The Bertz CT molecular complexity index is 288. The molecule has 2 unspecified atom stereocenters. The SMILES string of the molecule is CC1=CC2C(CC1)[C@](C)(O)CC[C@@H]2C(C)C. The second kappa shape index (κ2) is 4.18. The minimum atomic E-state index is -0.423. The molecule has 0 bridgehead atoms. The third-order valence-corrected chi connectivity index (χ3v) is 4.92.